The number of aromatic nitrogens is 4. The standard InChI is InChI=1S/C42H30N4.C8H10.C2H6/c1-2-3-22-38-28-37(29-39(43-38)32-14-7-4-8-15-32)31-25-23-30(24-26-31)35-20-13-21-36(27-35)42-45-40(33-16-9-5-10-17-33)44-41(46-42)34-18-11-6-12-19-34;1-7-5-3-4-6-8(7)2;1-2/h2-29H,1H2;3-6H,1-2H3;1-2H3/b22-3+;;. The molecule has 0 N–H and O–H groups in total. The van der Waals surface area contributed by atoms with Gasteiger partial charge in [-0.1, -0.05) is 190 Å². The van der Waals surface area contributed by atoms with Gasteiger partial charge in [0.1, 0.15) is 0 Å². The largest absolute Gasteiger partial charge is 0.248 e. The summed E-state index contributed by atoms with van der Waals surface area (Å²) in [7, 11) is 0. The van der Waals surface area contributed by atoms with Crippen molar-refractivity contribution in [1.82, 2.24) is 19.9 Å². The summed E-state index contributed by atoms with van der Waals surface area (Å²) in [6.45, 7) is 12.1. The van der Waals surface area contributed by atoms with Crippen molar-refractivity contribution in [3.8, 4) is 67.7 Å². The van der Waals surface area contributed by atoms with Crippen molar-refractivity contribution in [2.75, 3.05) is 0 Å². The van der Waals surface area contributed by atoms with E-state index in [1.165, 1.54) is 11.1 Å². The lowest BCUT2D eigenvalue weighted by atomic mass is 9.98. The van der Waals surface area contributed by atoms with Crippen LogP contribution in [-0.2, 0) is 0 Å². The van der Waals surface area contributed by atoms with Crippen LogP contribution in [0.3, 0.4) is 0 Å². The molecule has 6 aromatic carbocycles. The Morgan fingerprint density at radius 3 is 1.30 bits per heavy atom. The SMILES string of the molecule is C=C/C=C/c1cc(-c2ccc(-c3cccc(-c4nc(-c5ccccc5)nc(-c5ccccc5)n4)c3)cc2)cc(-c2ccccc2)n1.CC.Cc1ccccc1C. The minimum atomic E-state index is 0.636. The number of hydrogen-bond donors (Lipinski definition) is 0. The molecule has 2 aromatic heterocycles. The molecule has 4 nitrogen and oxygen atoms in total. The second-order valence-electron chi connectivity index (χ2n) is 12.9. The van der Waals surface area contributed by atoms with E-state index in [-0.39, 0.29) is 0 Å². The minimum Gasteiger partial charge on any atom is -0.248 e. The monoisotopic (exact) mass is 726 g/mol. The van der Waals surface area contributed by atoms with Gasteiger partial charge < -0.3 is 0 Å². The van der Waals surface area contributed by atoms with E-state index in [4.69, 9.17) is 19.9 Å². The minimum absolute atomic E-state index is 0.636. The predicted molar refractivity (Wildman–Crippen MR) is 237 cm³/mol. The maximum atomic E-state index is 4.91. The Morgan fingerprint density at radius 1 is 0.375 bits per heavy atom. The summed E-state index contributed by atoms with van der Waals surface area (Å²) in [6.07, 6.45) is 5.66. The molecule has 274 valence electrons. The second kappa shape index (κ2) is 19.3. The average molecular weight is 727 g/mol. The van der Waals surface area contributed by atoms with Crippen LogP contribution in [0.5, 0.6) is 0 Å². The topological polar surface area (TPSA) is 51.6 Å². The first-order chi connectivity index (χ1) is 27.5. The van der Waals surface area contributed by atoms with Crippen molar-refractivity contribution in [3.63, 3.8) is 0 Å². The van der Waals surface area contributed by atoms with Crippen LogP contribution in [0.15, 0.2) is 195 Å². The summed E-state index contributed by atoms with van der Waals surface area (Å²) in [4.78, 5) is 19.5. The number of aryl methyl sites for hydroxylation is 2. The number of benzene rings is 6. The lowest BCUT2D eigenvalue weighted by Gasteiger charge is -2.11. The van der Waals surface area contributed by atoms with Gasteiger partial charge in [0.25, 0.3) is 0 Å². The van der Waals surface area contributed by atoms with Gasteiger partial charge in [0, 0.05) is 22.3 Å². The Kier molecular flexibility index (Phi) is 13.4. The highest BCUT2D eigenvalue weighted by atomic mass is 15.0. The molecule has 0 saturated carbocycles. The molecule has 8 aromatic rings. The molecule has 0 aliphatic rings. The van der Waals surface area contributed by atoms with E-state index < -0.39 is 0 Å². The zero-order valence-corrected chi connectivity index (χ0v) is 32.5. The van der Waals surface area contributed by atoms with Crippen molar-refractivity contribution in [2.24, 2.45) is 0 Å². The third-order valence-electron chi connectivity index (χ3n) is 9.12. The number of pyridine rings is 1. The van der Waals surface area contributed by atoms with E-state index in [1.807, 2.05) is 105 Å². The first kappa shape index (κ1) is 38.7. The van der Waals surface area contributed by atoms with E-state index in [2.05, 4.69) is 117 Å². The molecule has 4 heteroatoms. The number of rotatable bonds is 8. The van der Waals surface area contributed by atoms with Crippen LogP contribution in [0.2, 0.25) is 0 Å². The van der Waals surface area contributed by atoms with Gasteiger partial charge in [0.05, 0.1) is 11.4 Å². The maximum absolute atomic E-state index is 4.91. The lowest BCUT2D eigenvalue weighted by molar-refractivity contribution is 1.07. The van der Waals surface area contributed by atoms with Crippen molar-refractivity contribution in [2.45, 2.75) is 27.7 Å². The van der Waals surface area contributed by atoms with Gasteiger partial charge in [-0.3, -0.25) is 0 Å². The van der Waals surface area contributed by atoms with Crippen molar-refractivity contribution in [1.29, 1.82) is 0 Å². The molecule has 0 spiro atoms. The molecule has 0 bridgehead atoms. The third-order valence-corrected chi connectivity index (χ3v) is 9.12. The third kappa shape index (κ3) is 9.93. The molecular weight excluding hydrogens is 681 g/mol. The smallest absolute Gasteiger partial charge is 0.164 e. The Balaban J connectivity index is 0.000000469. The Labute approximate surface area is 331 Å². The normalized spacial score (nSPS) is 10.5. The van der Waals surface area contributed by atoms with Gasteiger partial charge in [-0.25, -0.2) is 19.9 Å². The first-order valence-electron chi connectivity index (χ1n) is 19.0. The maximum Gasteiger partial charge on any atom is 0.164 e. The first-order valence-corrected chi connectivity index (χ1v) is 19.0. The summed E-state index contributed by atoms with van der Waals surface area (Å²) in [5.74, 6) is 1.93. The molecule has 0 aliphatic carbocycles. The van der Waals surface area contributed by atoms with Crippen LogP contribution in [0, 0.1) is 13.8 Å². The zero-order valence-electron chi connectivity index (χ0n) is 32.5. The predicted octanol–water partition coefficient (Wildman–Crippen LogP) is 13.8. The van der Waals surface area contributed by atoms with Crippen molar-refractivity contribution >= 4 is 6.08 Å². The van der Waals surface area contributed by atoms with Gasteiger partial charge in [0.15, 0.2) is 17.5 Å². The number of hydrogen-bond acceptors (Lipinski definition) is 4. The molecular formula is C52H46N4. The highest BCUT2D eigenvalue weighted by Gasteiger charge is 2.13. The van der Waals surface area contributed by atoms with Crippen LogP contribution < -0.4 is 0 Å². The quantitative estimate of drug-likeness (QED) is 0.146. The summed E-state index contributed by atoms with van der Waals surface area (Å²) in [6, 6.07) is 60.0. The van der Waals surface area contributed by atoms with Gasteiger partial charge in [-0.15, -0.1) is 0 Å². The van der Waals surface area contributed by atoms with Gasteiger partial charge >= 0.3 is 0 Å². The van der Waals surface area contributed by atoms with Gasteiger partial charge in [-0.05, 0) is 71.5 Å². The molecule has 2 heterocycles. The molecule has 8 rings (SSSR count). The lowest BCUT2D eigenvalue weighted by Crippen LogP contribution is -2.00. The van der Waals surface area contributed by atoms with E-state index >= 15 is 0 Å². The summed E-state index contributed by atoms with van der Waals surface area (Å²) >= 11 is 0. The van der Waals surface area contributed by atoms with Gasteiger partial charge in [-0.2, -0.15) is 0 Å². The van der Waals surface area contributed by atoms with Crippen LogP contribution in [0.1, 0.15) is 30.7 Å². The van der Waals surface area contributed by atoms with Crippen LogP contribution >= 0.6 is 0 Å². The number of allylic oxidation sites excluding steroid dienone is 2. The highest BCUT2D eigenvalue weighted by molar-refractivity contribution is 5.77. The van der Waals surface area contributed by atoms with Crippen LogP contribution in [-0.4, -0.2) is 19.9 Å². The Bertz CT molecular complexity index is 2430. The van der Waals surface area contributed by atoms with Crippen molar-refractivity contribution < 1.29 is 0 Å². The van der Waals surface area contributed by atoms with E-state index in [0.29, 0.717) is 17.5 Å². The summed E-state index contributed by atoms with van der Waals surface area (Å²) in [5.41, 5.74) is 12.9. The van der Waals surface area contributed by atoms with Crippen LogP contribution in [0.25, 0.3) is 73.8 Å². The fourth-order valence-electron chi connectivity index (χ4n) is 6.02. The van der Waals surface area contributed by atoms with E-state index in [9.17, 15) is 0 Å². The molecule has 0 aliphatic heterocycles. The molecule has 0 amide bonds. The highest BCUT2D eigenvalue weighted by Crippen LogP contribution is 2.31. The molecule has 0 radical (unpaired) electrons. The van der Waals surface area contributed by atoms with E-state index in [1.54, 1.807) is 6.08 Å². The Hall–Kier alpha value is -7.04. The number of nitrogens with zero attached hydrogens (tertiary/aromatic N) is 4. The second-order valence-corrected chi connectivity index (χ2v) is 12.9. The zero-order chi connectivity index (χ0) is 39.1. The molecule has 0 unspecified atom stereocenters. The van der Waals surface area contributed by atoms with Crippen molar-refractivity contribution in [3.05, 3.63) is 211 Å². The fourth-order valence-corrected chi connectivity index (χ4v) is 6.02. The fraction of sp³-hybridized carbons (Fsp3) is 0.0769. The molecule has 0 atom stereocenters. The summed E-state index contributed by atoms with van der Waals surface area (Å²) in [5, 5.41) is 0. The van der Waals surface area contributed by atoms with Gasteiger partial charge in [0.2, 0.25) is 0 Å². The molecule has 56 heavy (non-hydrogen) atoms. The molecule has 0 saturated heterocycles. The molecule has 0 fully saturated rings. The van der Waals surface area contributed by atoms with Crippen LogP contribution in [0.4, 0.5) is 0 Å². The summed E-state index contributed by atoms with van der Waals surface area (Å²) < 4.78 is 0. The average Bonchev–Trinajstić information content (AvgIpc) is 3.28. The Morgan fingerprint density at radius 2 is 0.804 bits per heavy atom. The van der Waals surface area contributed by atoms with E-state index in [0.717, 1.165) is 55.9 Å².